The molecular weight excluding hydrogens is 260 g/mol. The molecule has 1 aromatic carbocycles. The molecule has 1 atom stereocenters. The van der Waals surface area contributed by atoms with Crippen molar-refractivity contribution in [2.24, 2.45) is 5.41 Å². The van der Waals surface area contributed by atoms with Crippen LogP contribution >= 0.6 is 0 Å². The largest absolute Gasteiger partial charge is 0.337 e. The number of urea groups is 1. The lowest BCUT2D eigenvalue weighted by Gasteiger charge is -2.30. The average Bonchev–Trinajstić information content (AvgIpc) is 2.36. The first kappa shape index (κ1) is 14.1. The van der Waals surface area contributed by atoms with Crippen molar-refractivity contribution in [3.05, 3.63) is 24.3 Å². The highest BCUT2D eigenvalue weighted by Crippen LogP contribution is 2.27. The van der Waals surface area contributed by atoms with Crippen LogP contribution in [0.25, 0.3) is 0 Å². The third kappa shape index (κ3) is 3.35. The van der Waals surface area contributed by atoms with Gasteiger partial charge in [-0.2, -0.15) is 0 Å². The minimum atomic E-state index is -0.995. The minimum absolute atomic E-state index is 0.0494. The number of hydrogen-bond donors (Lipinski definition) is 1. The molecule has 0 saturated carbocycles. The van der Waals surface area contributed by atoms with Crippen molar-refractivity contribution in [1.82, 2.24) is 5.32 Å². The quantitative estimate of drug-likeness (QED) is 0.858. The van der Waals surface area contributed by atoms with Gasteiger partial charge in [-0.05, 0) is 17.5 Å². The number of benzene rings is 1. The average molecular weight is 280 g/mol. The fourth-order valence-corrected chi connectivity index (χ4v) is 3.13. The second-order valence-electron chi connectivity index (χ2n) is 5.89. The molecule has 1 heterocycles. The number of carbonyl (C=O) groups excluding carboxylic acids is 1. The van der Waals surface area contributed by atoms with Gasteiger partial charge in [0, 0.05) is 18.8 Å². The van der Waals surface area contributed by atoms with Crippen LogP contribution < -0.4 is 10.2 Å². The molecule has 2 amide bonds. The Hall–Kier alpha value is -1.36. The summed E-state index contributed by atoms with van der Waals surface area (Å²) in [6.45, 7) is 7.35. The molecule has 1 unspecified atom stereocenters. The zero-order valence-electron chi connectivity index (χ0n) is 11.6. The van der Waals surface area contributed by atoms with E-state index < -0.39 is 10.8 Å². The zero-order valence-corrected chi connectivity index (χ0v) is 12.4. The summed E-state index contributed by atoms with van der Waals surface area (Å²) in [4.78, 5) is 14.7. The number of carbonyl (C=O) groups is 1. The first-order chi connectivity index (χ1) is 8.88. The number of anilines is 1. The van der Waals surface area contributed by atoms with E-state index in [4.69, 9.17) is 0 Å². The topological polar surface area (TPSA) is 49.4 Å². The van der Waals surface area contributed by atoms with Crippen LogP contribution in [-0.4, -0.2) is 29.1 Å². The predicted octanol–water partition coefficient (Wildman–Crippen LogP) is 2.37. The van der Waals surface area contributed by atoms with E-state index in [2.05, 4.69) is 26.1 Å². The molecule has 0 bridgehead atoms. The third-order valence-corrected chi connectivity index (χ3v) is 4.31. The summed E-state index contributed by atoms with van der Waals surface area (Å²) < 4.78 is 11.9. The third-order valence-electron chi connectivity index (χ3n) is 2.92. The smallest absolute Gasteiger partial charge is 0.321 e. The molecule has 104 valence electrons. The van der Waals surface area contributed by atoms with Gasteiger partial charge in [-0.15, -0.1) is 0 Å². The van der Waals surface area contributed by atoms with Crippen molar-refractivity contribution in [3.8, 4) is 0 Å². The van der Waals surface area contributed by atoms with E-state index in [0.29, 0.717) is 18.8 Å². The Bertz CT molecular complexity index is 508. The van der Waals surface area contributed by atoms with Crippen LogP contribution in [-0.2, 0) is 10.8 Å². The first-order valence-corrected chi connectivity index (χ1v) is 7.73. The van der Waals surface area contributed by atoms with Crippen molar-refractivity contribution < 1.29 is 9.00 Å². The second kappa shape index (κ2) is 5.33. The molecular formula is C14H20N2O2S. The predicted molar refractivity (Wildman–Crippen MR) is 77.9 cm³/mol. The van der Waals surface area contributed by atoms with Gasteiger partial charge in [0.1, 0.15) is 0 Å². The van der Waals surface area contributed by atoms with Gasteiger partial charge in [-0.25, -0.2) is 4.79 Å². The Labute approximate surface area is 116 Å². The molecule has 2 rings (SSSR count). The molecule has 0 radical (unpaired) electrons. The van der Waals surface area contributed by atoms with Crippen LogP contribution in [0, 0.1) is 5.41 Å². The summed E-state index contributed by atoms with van der Waals surface area (Å²) in [5.74, 6) is 0.500. The zero-order chi connectivity index (χ0) is 14.0. The van der Waals surface area contributed by atoms with E-state index in [1.807, 2.05) is 24.3 Å². The van der Waals surface area contributed by atoms with E-state index in [0.717, 1.165) is 10.6 Å². The summed E-state index contributed by atoms with van der Waals surface area (Å²) in [6.07, 6.45) is 0. The Morgan fingerprint density at radius 3 is 2.74 bits per heavy atom. The van der Waals surface area contributed by atoms with E-state index >= 15 is 0 Å². The normalized spacial score (nSPS) is 18.9. The molecule has 0 saturated heterocycles. The summed E-state index contributed by atoms with van der Waals surface area (Å²) in [6, 6.07) is 7.29. The van der Waals surface area contributed by atoms with Crippen LogP contribution in [0.5, 0.6) is 0 Å². The molecule has 19 heavy (non-hydrogen) atoms. The monoisotopic (exact) mass is 280 g/mol. The number of amides is 2. The SMILES string of the molecule is CC(C)(C)CNC(=O)N1CCS(=O)c2ccccc21. The number of fused-ring (bicyclic) bond motifs is 1. The van der Waals surface area contributed by atoms with Crippen LogP contribution in [0.15, 0.2) is 29.2 Å². The molecule has 0 aliphatic carbocycles. The van der Waals surface area contributed by atoms with E-state index in [1.54, 1.807) is 4.90 Å². The highest BCUT2D eigenvalue weighted by Gasteiger charge is 2.26. The molecule has 4 nitrogen and oxygen atoms in total. The van der Waals surface area contributed by atoms with Gasteiger partial charge in [0.25, 0.3) is 0 Å². The van der Waals surface area contributed by atoms with Gasteiger partial charge in [0.05, 0.1) is 21.4 Å². The summed E-state index contributed by atoms with van der Waals surface area (Å²) in [7, 11) is -0.995. The maximum Gasteiger partial charge on any atom is 0.321 e. The van der Waals surface area contributed by atoms with Crippen molar-refractivity contribution >= 4 is 22.5 Å². The van der Waals surface area contributed by atoms with E-state index in [9.17, 15) is 9.00 Å². The van der Waals surface area contributed by atoms with Gasteiger partial charge in [-0.3, -0.25) is 9.11 Å². The Balaban J connectivity index is 2.16. The highest BCUT2D eigenvalue weighted by atomic mass is 32.2. The molecule has 0 fully saturated rings. The molecule has 1 aliphatic heterocycles. The number of nitrogens with zero attached hydrogens (tertiary/aromatic N) is 1. The summed E-state index contributed by atoms with van der Waals surface area (Å²) in [5, 5.41) is 2.94. The first-order valence-electron chi connectivity index (χ1n) is 6.41. The van der Waals surface area contributed by atoms with Crippen molar-refractivity contribution in [3.63, 3.8) is 0 Å². The molecule has 5 heteroatoms. The molecule has 1 aliphatic rings. The number of nitrogens with one attached hydrogen (secondary N) is 1. The highest BCUT2D eigenvalue weighted by molar-refractivity contribution is 7.85. The fraction of sp³-hybridized carbons (Fsp3) is 0.500. The van der Waals surface area contributed by atoms with Gasteiger partial charge < -0.3 is 5.32 Å². The Morgan fingerprint density at radius 2 is 2.05 bits per heavy atom. The molecule has 1 aromatic rings. The summed E-state index contributed by atoms with van der Waals surface area (Å²) >= 11 is 0. The molecule has 0 spiro atoms. The molecule has 1 N–H and O–H groups in total. The van der Waals surface area contributed by atoms with Crippen molar-refractivity contribution in [1.29, 1.82) is 0 Å². The molecule has 0 aromatic heterocycles. The number of hydrogen-bond acceptors (Lipinski definition) is 2. The van der Waals surface area contributed by atoms with Crippen molar-refractivity contribution in [2.75, 3.05) is 23.7 Å². The standard InChI is InChI=1S/C14H20N2O2S/c1-14(2,3)10-15-13(17)16-8-9-19(18)12-7-5-4-6-11(12)16/h4-7H,8-10H2,1-3H3,(H,15,17). The van der Waals surface area contributed by atoms with Crippen LogP contribution in [0.4, 0.5) is 10.5 Å². The van der Waals surface area contributed by atoms with E-state index in [1.165, 1.54) is 0 Å². The van der Waals surface area contributed by atoms with Gasteiger partial charge in [0.2, 0.25) is 0 Å². The van der Waals surface area contributed by atoms with Crippen molar-refractivity contribution in [2.45, 2.75) is 25.7 Å². The number of rotatable bonds is 1. The Morgan fingerprint density at radius 1 is 1.37 bits per heavy atom. The van der Waals surface area contributed by atoms with Gasteiger partial charge in [0.15, 0.2) is 0 Å². The second-order valence-corrected chi connectivity index (χ2v) is 7.43. The Kier molecular flexibility index (Phi) is 3.94. The lowest BCUT2D eigenvalue weighted by atomic mass is 9.97. The van der Waals surface area contributed by atoms with Crippen LogP contribution in [0.2, 0.25) is 0 Å². The fourth-order valence-electron chi connectivity index (χ4n) is 1.92. The lowest BCUT2D eigenvalue weighted by Crippen LogP contribution is -2.46. The van der Waals surface area contributed by atoms with Gasteiger partial charge in [-0.1, -0.05) is 32.9 Å². The minimum Gasteiger partial charge on any atom is -0.337 e. The lowest BCUT2D eigenvalue weighted by molar-refractivity contribution is 0.241. The maximum absolute atomic E-state index is 12.2. The maximum atomic E-state index is 12.2. The van der Waals surface area contributed by atoms with E-state index in [-0.39, 0.29) is 11.4 Å². The summed E-state index contributed by atoms with van der Waals surface area (Å²) in [5.41, 5.74) is 0.812. The van der Waals surface area contributed by atoms with Gasteiger partial charge >= 0.3 is 6.03 Å². The number of para-hydroxylation sites is 1. The van der Waals surface area contributed by atoms with Crippen LogP contribution in [0.1, 0.15) is 20.8 Å². The van der Waals surface area contributed by atoms with Crippen LogP contribution in [0.3, 0.4) is 0 Å².